The number of benzene rings is 1. The number of carbonyl (C=O) groups excluding carboxylic acids is 3. The summed E-state index contributed by atoms with van der Waals surface area (Å²) in [5.74, 6) is -1.13. The van der Waals surface area contributed by atoms with Gasteiger partial charge in [0.05, 0.1) is 5.02 Å². The van der Waals surface area contributed by atoms with Crippen LogP contribution in [0.1, 0.15) is 13.3 Å². The Morgan fingerprint density at radius 2 is 1.91 bits per heavy atom. The molecule has 1 aromatic rings. The summed E-state index contributed by atoms with van der Waals surface area (Å²) in [5, 5.41) is 4.84. The molecule has 0 atom stereocenters. The molecule has 3 amide bonds. The summed E-state index contributed by atoms with van der Waals surface area (Å²) < 4.78 is 9.82. The van der Waals surface area contributed by atoms with E-state index >= 15 is 0 Å². The smallest absolute Gasteiger partial charge is 0.344 e. The monoisotopic (exact) mass is 328 g/mol. The molecule has 0 saturated carbocycles. The first-order chi connectivity index (χ1) is 10.5. The third-order valence-corrected chi connectivity index (χ3v) is 2.65. The number of hydrogen-bond donors (Lipinski definition) is 2. The fourth-order valence-corrected chi connectivity index (χ4v) is 1.52. The topological polar surface area (TPSA) is 93.7 Å². The maximum Gasteiger partial charge on any atom is 0.344 e. The first kappa shape index (κ1) is 17.8. The number of hydrogen-bond acceptors (Lipinski definition) is 5. The van der Waals surface area contributed by atoms with E-state index in [9.17, 15) is 14.4 Å². The van der Waals surface area contributed by atoms with Crippen molar-refractivity contribution < 1.29 is 23.9 Å². The van der Waals surface area contributed by atoms with E-state index < -0.39 is 24.5 Å². The Balaban J connectivity index is 2.24. The molecule has 120 valence electrons. The van der Waals surface area contributed by atoms with Gasteiger partial charge in [-0.15, -0.1) is 0 Å². The van der Waals surface area contributed by atoms with Crippen molar-refractivity contribution in [3.8, 4) is 5.75 Å². The highest BCUT2D eigenvalue weighted by molar-refractivity contribution is 6.32. The van der Waals surface area contributed by atoms with Crippen molar-refractivity contribution in [3.63, 3.8) is 0 Å². The number of para-hydroxylation sites is 1. The van der Waals surface area contributed by atoms with Crippen molar-refractivity contribution in [2.24, 2.45) is 0 Å². The summed E-state index contributed by atoms with van der Waals surface area (Å²) in [4.78, 5) is 33.9. The fraction of sp³-hybridized carbons (Fsp3) is 0.357. The first-order valence-corrected chi connectivity index (χ1v) is 7.01. The predicted molar refractivity (Wildman–Crippen MR) is 79.7 cm³/mol. The number of imide groups is 1. The number of urea groups is 1. The van der Waals surface area contributed by atoms with Crippen LogP contribution in [-0.4, -0.2) is 37.7 Å². The molecule has 0 aliphatic heterocycles. The minimum atomic E-state index is -0.746. The molecule has 0 bridgehead atoms. The zero-order chi connectivity index (χ0) is 16.4. The Bertz CT molecular complexity index is 536. The zero-order valence-corrected chi connectivity index (χ0v) is 12.8. The van der Waals surface area contributed by atoms with Crippen LogP contribution in [-0.2, 0) is 14.3 Å². The normalized spacial score (nSPS) is 9.73. The maximum absolute atomic E-state index is 11.4. The van der Waals surface area contributed by atoms with Crippen molar-refractivity contribution in [1.82, 2.24) is 10.6 Å². The number of ether oxygens (including phenoxy) is 2. The molecular weight excluding hydrogens is 312 g/mol. The Labute approximate surface area is 132 Å². The van der Waals surface area contributed by atoms with Gasteiger partial charge in [0.15, 0.2) is 13.2 Å². The van der Waals surface area contributed by atoms with Crippen molar-refractivity contribution >= 4 is 29.5 Å². The van der Waals surface area contributed by atoms with E-state index in [-0.39, 0.29) is 6.61 Å². The minimum absolute atomic E-state index is 0.338. The third kappa shape index (κ3) is 6.94. The highest BCUT2D eigenvalue weighted by Gasteiger charge is 2.11. The van der Waals surface area contributed by atoms with Crippen LogP contribution in [0.15, 0.2) is 24.3 Å². The first-order valence-electron chi connectivity index (χ1n) is 6.63. The second kappa shape index (κ2) is 9.62. The summed E-state index contributed by atoms with van der Waals surface area (Å²) in [6.45, 7) is 1.37. The zero-order valence-electron chi connectivity index (χ0n) is 12.1. The Morgan fingerprint density at radius 3 is 2.59 bits per heavy atom. The summed E-state index contributed by atoms with van der Waals surface area (Å²) in [7, 11) is 0. The predicted octanol–water partition coefficient (Wildman–Crippen LogP) is 1.50. The second-order valence-electron chi connectivity index (χ2n) is 4.18. The van der Waals surface area contributed by atoms with Gasteiger partial charge in [0, 0.05) is 6.54 Å². The molecule has 0 heterocycles. The Hall–Kier alpha value is -2.28. The highest BCUT2D eigenvalue weighted by atomic mass is 35.5. The lowest BCUT2D eigenvalue weighted by molar-refractivity contribution is -0.150. The number of nitrogens with one attached hydrogen (secondary N) is 2. The van der Waals surface area contributed by atoms with Crippen LogP contribution in [0.3, 0.4) is 0 Å². The van der Waals surface area contributed by atoms with Gasteiger partial charge in [0.2, 0.25) is 0 Å². The lowest BCUT2D eigenvalue weighted by Gasteiger charge is -2.08. The summed E-state index contributed by atoms with van der Waals surface area (Å²) in [6.07, 6.45) is 0.746. The maximum atomic E-state index is 11.4. The molecule has 8 heteroatoms. The molecular formula is C14H17ClN2O5. The van der Waals surface area contributed by atoms with E-state index in [1.54, 1.807) is 24.3 Å². The van der Waals surface area contributed by atoms with E-state index in [0.29, 0.717) is 17.3 Å². The molecule has 0 aromatic heterocycles. The second-order valence-corrected chi connectivity index (χ2v) is 4.59. The quantitative estimate of drug-likeness (QED) is 0.740. The average molecular weight is 329 g/mol. The van der Waals surface area contributed by atoms with Crippen LogP contribution in [0.2, 0.25) is 5.02 Å². The van der Waals surface area contributed by atoms with Gasteiger partial charge in [0.25, 0.3) is 5.91 Å². The molecule has 0 saturated heterocycles. The van der Waals surface area contributed by atoms with Gasteiger partial charge in [0.1, 0.15) is 5.75 Å². The minimum Gasteiger partial charge on any atom is -0.480 e. The SMILES string of the molecule is CCCNC(=O)NC(=O)COC(=O)COc1ccccc1Cl. The number of carbonyl (C=O) groups is 3. The fourth-order valence-electron chi connectivity index (χ4n) is 1.33. The van der Waals surface area contributed by atoms with Gasteiger partial charge in [-0.1, -0.05) is 30.7 Å². The van der Waals surface area contributed by atoms with E-state index in [0.717, 1.165) is 6.42 Å². The molecule has 0 aliphatic rings. The van der Waals surface area contributed by atoms with Crippen molar-refractivity contribution in [1.29, 1.82) is 0 Å². The van der Waals surface area contributed by atoms with Crippen molar-refractivity contribution in [2.75, 3.05) is 19.8 Å². The summed E-state index contributed by atoms with van der Waals surface area (Å²) in [6, 6.07) is 6.01. The van der Waals surface area contributed by atoms with Gasteiger partial charge in [-0.3, -0.25) is 10.1 Å². The van der Waals surface area contributed by atoms with Gasteiger partial charge in [-0.2, -0.15) is 0 Å². The number of amides is 3. The van der Waals surface area contributed by atoms with E-state index in [2.05, 4.69) is 10.1 Å². The molecule has 0 unspecified atom stereocenters. The molecule has 7 nitrogen and oxygen atoms in total. The van der Waals surface area contributed by atoms with Crippen LogP contribution in [0.5, 0.6) is 5.75 Å². The van der Waals surface area contributed by atoms with Crippen LogP contribution < -0.4 is 15.4 Å². The van der Waals surface area contributed by atoms with E-state index in [1.807, 2.05) is 12.2 Å². The molecule has 0 fully saturated rings. The largest absolute Gasteiger partial charge is 0.480 e. The lowest BCUT2D eigenvalue weighted by Crippen LogP contribution is -2.41. The summed E-state index contributed by atoms with van der Waals surface area (Å²) >= 11 is 5.85. The molecule has 0 aliphatic carbocycles. The number of esters is 1. The molecule has 0 radical (unpaired) electrons. The van der Waals surface area contributed by atoms with Gasteiger partial charge < -0.3 is 14.8 Å². The Kier molecular flexibility index (Phi) is 7.77. The standard InChI is InChI=1S/C14H17ClN2O5/c1-2-7-16-14(20)17-12(18)8-22-13(19)9-21-11-6-4-3-5-10(11)15/h3-6H,2,7-9H2,1H3,(H2,16,17,18,20). The number of halogens is 1. The third-order valence-electron chi connectivity index (χ3n) is 2.33. The van der Waals surface area contributed by atoms with E-state index in [4.69, 9.17) is 16.3 Å². The average Bonchev–Trinajstić information content (AvgIpc) is 2.50. The molecule has 2 N–H and O–H groups in total. The van der Waals surface area contributed by atoms with Crippen LogP contribution in [0, 0.1) is 0 Å². The van der Waals surface area contributed by atoms with E-state index in [1.165, 1.54) is 0 Å². The van der Waals surface area contributed by atoms with Crippen LogP contribution >= 0.6 is 11.6 Å². The molecule has 22 heavy (non-hydrogen) atoms. The van der Waals surface area contributed by atoms with Crippen LogP contribution in [0.25, 0.3) is 0 Å². The summed E-state index contributed by atoms with van der Waals surface area (Å²) in [5.41, 5.74) is 0. The lowest BCUT2D eigenvalue weighted by atomic mass is 10.3. The molecule has 1 aromatic carbocycles. The molecule has 1 rings (SSSR count). The van der Waals surface area contributed by atoms with Crippen LogP contribution in [0.4, 0.5) is 4.79 Å². The van der Waals surface area contributed by atoms with Crippen molar-refractivity contribution in [3.05, 3.63) is 29.3 Å². The van der Waals surface area contributed by atoms with Gasteiger partial charge >= 0.3 is 12.0 Å². The highest BCUT2D eigenvalue weighted by Crippen LogP contribution is 2.22. The van der Waals surface area contributed by atoms with Gasteiger partial charge in [-0.05, 0) is 18.6 Å². The van der Waals surface area contributed by atoms with Crippen molar-refractivity contribution in [2.45, 2.75) is 13.3 Å². The molecule has 0 spiro atoms. The van der Waals surface area contributed by atoms with Gasteiger partial charge in [-0.25, -0.2) is 9.59 Å². The number of rotatable bonds is 7. The Morgan fingerprint density at radius 1 is 1.18 bits per heavy atom.